The van der Waals surface area contributed by atoms with Crippen LogP contribution in [0.3, 0.4) is 0 Å². The number of nitrogens with zero attached hydrogens (tertiary/aromatic N) is 2. The van der Waals surface area contributed by atoms with Crippen LogP contribution in [0.5, 0.6) is 0 Å². The van der Waals surface area contributed by atoms with Crippen molar-refractivity contribution in [3.05, 3.63) is 58.6 Å². The van der Waals surface area contributed by atoms with Gasteiger partial charge >= 0.3 is 0 Å². The molecular weight excluding hydrogens is 284 g/mol. The van der Waals surface area contributed by atoms with Gasteiger partial charge in [-0.2, -0.15) is 0 Å². The normalized spacial score (nSPS) is 8.76. The molecule has 0 atom stereocenters. The van der Waals surface area contributed by atoms with Crippen molar-refractivity contribution in [2.75, 3.05) is 0 Å². The molecule has 0 fully saturated rings. The molecule has 0 bridgehead atoms. The van der Waals surface area contributed by atoms with E-state index in [9.17, 15) is 9.59 Å². The zero-order chi connectivity index (χ0) is 12.5. The standard InChI is InChI=1S/C6H4BrNO.C6H5NO/c7-6-3-1-2-5(4-9)8-6;8-5-6-3-1-2-4-7-6/h1-4H;1-5H. The molecule has 0 saturated carbocycles. The van der Waals surface area contributed by atoms with E-state index in [1.807, 2.05) is 0 Å². The van der Waals surface area contributed by atoms with Crippen molar-refractivity contribution in [3.63, 3.8) is 0 Å². The van der Waals surface area contributed by atoms with Gasteiger partial charge in [0.15, 0.2) is 12.6 Å². The lowest BCUT2D eigenvalue weighted by Crippen LogP contribution is -1.83. The number of aromatic nitrogens is 2. The molecule has 0 amide bonds. The van der Waals surface area contributed by atoms with Crippen LogP contribution >= 0.6 is 15.9 Å². The molecule has 0 N–H and O–H groups in total. The van der Waals surface area contributed by atoms with Gasteiger partial charge in [-0.3, -0.25) is 14.6 Å². The Morgan fingerprint density at radius 3 is 2.06 bits per heavy atom. The molecule has 4 nitrogen and oxygen atoms in total. The van der Waals surface area contributed by atoms with E-state index >= 15 is 0 Å². The van der Waals surface area contributed by atoms with Crippen LogP contribution in [0.25, 0.3) is 0 Å². The van der Waals surface area contributed by atoms with Gasteiger partial charge < -0.3 is 0 Å². The molecule has 2 aromatic heterocycles. The molecule has 86 valence electrons. The van der Waals surface area contributed by atoms with Gasteiger partial charge in [0.05, 0.1) is 0 Å². The van der Waals surface area contributed by atoms with Crippen LogP contribution in [0, 0.1) is 0 Å². The first-order valence-electron chi connectivity index (χ1n) is 4.70. The predicted octanol–water partition coefficient (Wildman–Crippen LogP) is 2.55. The topological polar surface area (TPSA) is 59.9 Å². The Morgan fingerprint density at radius 1 is 0.941 bits per heavy atom. The van der Waals surface area contributed by atoms with Crippen LogP contribution in [0.1, 0.15) is 21.0 Å². The highest BCUT2D eigenvalue weighted by Gasteiger charge is 1.89. The second-order valence-corrected chi connectivity index (χ2v) is 3.69. The Hall–Kier alpha value is -1.88. The zero-order valence-electron chi connectivity index (χ0n) is 8.79. The lowest BCUT2D eigenvalue weighted by atomic mass is 10.4. The second-order valence-electron chi connectivity index (χ2n) is 2.88. The van der Waals surface area contributed by atoms with E-state index in [1.54, 1.807) is 42.6 Å². The summed E-state index contributed by atoms with van der Waals surface area (Å²) in [4.78, 5) is 27.6. The molecule has 2 heterocycles. The van der Waals surface area contributed by atoms with Crippen LogP contribution in [0.4, 0.5) is 0 Å². The minimum atomic E-state index is 0.448. The Kier molecular flexibility index (Phi) is 5.74. The maximum atomic E-state index is 10.1. The van der Waals surface area contributed by atoms with Crippen LogP contribution in [-0.2, 0) is 0 Å². The first kappa shape index (κ1) is 13.2. The molecule has 2 aromatic rings. The predicted molar refractivity (Wildman–Crippen MR) is 66.9 cm³/mol. The molecule has 5 heteroatoms. The third-order valence-electron chi connectivity index (χ3n) is 1.67. The molecule has 0 aliphatic heterocycles. The van der Waals surface area contributed by atoms with Crippen molar-refractivity contribution in [3.8, 4) is 0 Å². The molecule has 0 saturated heterocycles. The number of hydrogen-bond acceptors (Lipinski definition) is 4. The number of carbonyl (C=O) groups is 2. The van der Waals surface area contributed by atoms with Crippen molar-refractivity contribution in [2.45, 2.75) is 0 Å². The van der Waals surface area contributed by atoms with Crippen molar-refractivity contribution in [1.82, 2.24) is 9.97 Å². The van der Waals surface area contributed by atoms with E-state index in [4.69, 9.17) is 0 Å². The first-order chi connectivity index (χ1) is 8.26. The number of pyridine rings is 2. The Labute approximate surface area is 107 Å². The SMILES string of the molecule is O=Cc1cccc(Br)n1.O=Cc1ccccn1. The van der Waals surface area contributed by atoms with Crippen LogP contribution < -0.4 is 0 Å². The number of aldehydes is 2. The van der Waals surface area contributed by atoms with E-state index in [2.05, 4.69) is 25.9 Å². The monoisotopic (exact) mass is 292 g/mol. The number of rotatable bonds is 2. The minimum Gasteiger partial charge on any atom is -0.296 e. The van der Waals surface area contributed by atoms with Crippen molar-refractivity contribution in [1.29, 1.82) is 0 Å². The summed E-state index contributed by atoms with van der Waals surface area (Å²) in [5.74, 6) is 0. The lowest BCUT2D eigenvalue weighted by Gasteiger charge is -1.87. The smallest absolute Gasteiger partial charge is 0.168 e. The van der Waals surface area contributed by atoms with Gasteiger partial charge in [0.1, 0.15) is 16.0 Å². The summed E-state index contributed by atoms with van der Waals surface area (Å²) in [6, 6.07) is 10.4. The van der Waals surface area contributed by atoms with Crippen molar-refractivity contribution in [2.24, 2.45) is 0 Å². The molecule has 0 aliphatic rings. The molecule has 0 aromatic carbocycles. The van der Waals surface area contributed by atoms with Gasteiger partial charge in [0.25, 0.3) is 0 Å². The van der Waals surface area contributed by atoms with Crippen LogP contribution in [0.15, 0.2) is 47.2 Å². The van der Waals surface area contributed by atoms with Gasteiger partial charge in [-0.05, 0) is 40.2 Å². The summed E-state index contributed by atoms with van der Waals surface area (Å²) in [6.45, 7) is 0. The Balaban J connectivity index is 0.000000171. The Bertz CT molecular complexity index is 489. The fraction of sp³-hybridized carbons (Fsp3) is 0. The minimum absolute atomic E-state index is 0.448. The van der Waals surface area contributed by atoms with Crippen LogP contribution in [0.2, 0.25) is 0 Å². The van der Waals surface area contributed by atoms with Gasteiger partial charge in [-0.1, -0.05) is 12.1 Å². The number of halogens is 1. The summed E-state index contributed by atoms with van der Waals surface area (Å²) in [7, 11) is 0. The summed E-state index contributed by atoms with van der Waals surface area (Å²) in [6.07, 6.45) is 3.02. The lowest BCUT2D eigenvalue weighted by molar-refractivity contribution is 0.111. The summed E-state index contributed by atoms with van der Waals surface area (Å²) in [5, 5.41) is 0. The zero-order valence-corrected chi connectivity index (χ0v) is 10.4. The fourth-order valence-electron chi connectivity index (χ4n) is 0.935. The van der Waals surface area contributed by atoms with Crippen molar-refractivity contribution < 1.29 is 9.59 Å². The fourth-order valence-corrected chi connectivity index (χ4v) is 1.29. The average molecular weight is 293 g/mol. The Morgan fingerprint density at radius 2 is 1.65 bits per heavy atom. The van der Waals surface area contributed by atoms with Gasteiger partial charge in [-0.15, -0.1) is 0 Å². The highest BCUT2D eigenvalue weighted by Crippen LogP contribution is 2.03. The first-order valence-corrected chi connectivity index (χ1v) is 5.49. The molecule has 0 aliphatic carbocycles. The average Bonchev–Trinajstić information content (AvgIpc) is 2.40. The van der Waals surface area contributed by atoms with Crippen molar-refractivity contribution >= 4 is 28.5 Å². The maximum Gasteiger partial charge on any atom is 0.168 e. The molecule has 17 heavy (non-hydrogen) atoms. The number of hydrogen-bond donors (Lipinski definition) is 0. The number of carbonyl (C=O) groups excluding carboxylic acids is 2. The molecule has 0 unspecified atom stereocenters. The van der Waals surface area contributed by atoms with E-state index in [-0.39, 0.29) is 0 Å². The quantitative estimate of drug-likeness (QED) is 0.630. The van der Waals surface area contributed by atoms with Crippen LogP contribution in [-0.4, -0.2) is 22.5 Å². The van der Waals surface area contributed by atoms with E-state index < -0.39 is 0 Å². The molecule has 0 spiro atoms. The highest BCUT2D eigenvalue weighted by molar-refractivity contribution is 9.10. The van der Waals surface area contributed by atoms with E-state index in [1.165, 1.54) is 0 Å². The summed E-state index contributed by atoms with van der Waals surface area (Å²) < 4.78 is 0.687. The summed E-state index contributed by atoms with van der Waals surface area (Å²) in [5.41, 5.74) is 0.928. The van der Waals surface area contributed by atoms with Gasteiger partial charge in [0.2, 0.25) is 0 Å². The van der Waals surface area contributed by atoms with E-state index in [0.717, 1.165) is 6.29 Å². The maximum absolute atomic E-state index is 10.1. The van der Waals surface area contributed by atoms with Gasteiger partial charge in [0, 0.05) is 6.20 Å². The molecule has 0 radical (unpaired) electrons. The van der Waals surface area contributed by atoms with E-state index in [0.29, 0.717) is 22.3 Å². The second kappa shape index (κ2) is 7.40. The molecular formula is C12H9BrN2O2. The highest BCUT2D eigenvalue weighted by atomic mass is 79.9. The summed E-state index contributed by atoms with van der Waals surface area (Å²) >= 11 is 3.13. The van der Waals surface area contributed by atoms with Gasteiger partial charge in [-0.25, -0.2) is 4.98 Å². The third-order valence-corrected chi connectivity index (χ3v) is 2.11. The largest absolute Gasteiger partial charge is 0.296 e. The third kappa shape index (κ3) is 5.12. The molecule has 2 rings (SSSR count).